The third kappa shape index (κ3) is 3.97. The van der Waals surface area contributed by atoms with Crippen molar-refractivity contribution >= 4 is 17.6 Å². The van der Waals surface area contributed by atoms with Crippen LogP contribution < -0.4 is 5.32 Å². The average Bonchev–Trinajstić information content (AvgIpc) is 2.48. The lowest BCUT2D eigenvalue weighted by Gasteiger charge is -2.19. The molecule has 23 heavy (non-hydrogen) atoms. The molecule has 0 fully saturated rings. The molecular weight excluding hydrogens is 290 g/mol. The van der Waals surface area contributed by atoms with Gasteiger partial charge in [-0.05, 0) is 47.7 Å². The number of carbonyl (C=O) groups is 2. The van der Waals surface area contributed by atoms with E-state index in [-0.39, 0.29) is 16.9 Å². The summed E-state index contributed by atoms with van der Waals surface area (Å²) in [5.74, 6) is -1.27. The number of aromatic carboxylic acids is 1. The third-order valence-electron chi connectivity index (χ3n) is 3.75. The predicted octanol–water partition coefficient (Wildman–Crippen LogP) is 4.24. The molecule has 2 rings (SSSR count). The Morgan fingerprint density at radius 3 is 2.04 bits per heavy atom. The topological polar surface area (TPSA) is 66.4 Å². The predicted molar refractivity (Wildman–Crippen MR) is 91.2 cm³/mol. The number of hydrogen-bond acceptors (Lipinski definition) is 2. The molecule has 0 aromatic heterocycles. The Kier molecular flexibility index (Phi) is 4.55. The van der Waals surface area contributed by atoms with Crippen LogP contribution in [0.25, 0.3) is 0 Å². The summed E-state index contributed by atoms with van der Waals surface area (Å²) in [7, 11) is 0. The van der Waals surface area contributed by atoms with Crippen LogP contribution in [0.5, 0.6) is 0 Å². The molecule has 2 aromatic rings. The van der Waals surface area contributed by atoms with Crippen molar-refractivity contribution in [2.75, 3.05) is 5.32 Å². The zero-order valence-corrected chi connectivity index (χ0v) is 13.8. The first-order valence-electron chi connectivity index (χ1n) is 7.44. The molecule has 0 saturated heterocycles. The van der Waals surface area contributed by atoms with Crippen molar-refractivity contribution < 1.29 is 14.7 Å². The van der Waals surface area contributed by atoms with E-state index in [0.717, 1.165) is 11.1 Å². The molecule has 120 valence electrons. The summed E-state index contributed by atoms with van der Waals surface area (Å²) < 4.78 is 0. The van der Waals surface area contributed by atoms with Crippen LogP contribution in [-0.4, -0.2) is 17.0 Å². The van der Waals surface area contributed by atoms with Gasteiger partial charge in [0.1, 0.15) is 0 Å². The number of anilines is 1. The van der Waals surface area contributed by atoms with Crippen LogP contribution in [0.2, 0.25) is 0 Å². The number of carbonyl (C=O) groups excluding carboxylic acids is 1. The van der Waals surface area contributed by atoms with Crippen LogP contribution >= 0.6 is 0 Å². The van der Waals surface area contributed by atoms with Crippen LogP contribution in [0.1, 0.15) is 52.6 Å². The highest BCUT2D eigenvalue weighted by atomic mass is 16.4. The van der Waals surface area contributed by atoms with E-state index in [2.05, 4.69) is 26.1 Å². The van der Waals surface area contributed by atoms with E-state index in [1.165, 1.54) is 12.1 Å². The molecule has 0 aliphatic heterocycles. The van der Waals surface area contributed by atoms with Gasteiger partial charge in [-0.2, -0.15) is 0 Å². The molecule has 0 bridgehead atoms. The molecule has 2 aromatic carbocycles. The van der Waals surface area contributed by atoms with Gasteiger partial charge in [-0.1, -0.05) is 39.0 Å². The van der Waals surface area contributed by atoms with Crippen LogP contribution in [0, 0.1) is 6.92 Å². The van der Waals surface area contributed by atoms with E-state index in [9.17, 15) is 9.59 Å². The zero-order chi connectivity index (χ0) is 17.2. The van der Waals surface area contributed by atoms with Crippen molar-refractivity contribution in [1.29, 1.82) is 0 Å². The smallest absolute Gasteiger partial charge is 0.335 e. The molecule has 0 saturated carbocycles. The fourth-order valence-corrected chi connectivity index (χ4v) is 2.21. The summed E-state index contributed by atoms with van der Waals surface area (Å²) >= 11 is 0. The summed E-state index contributed by atoms with van der Waals surface area (Å²) in [4.78, 5) is 23.4. The molecule has 2 N–H and O–H groups in total. The Bertz CT molecular complexity index is 740. The number of carboxylic acids is 1. The molecule has 0 spiro atoms. The standard InChI is InChI=1S/C19H21NO3/c1-12-5-6-14(18(22)23)11-16(12)20-17(21)13-7-9-15(10-8-13)19(2,3)4/h5-11H,1-4H3,(H,20,21)(H,22,23). The Labute approximate surface area is 136 Å². The van der Waals surface area contributed by atoms with E-state index < -0.39 is 5.97 Å². The van der Waals surface area contributed by atoms with Gasteiger partial charge in [0.15, 0.2) is 0 Å². The number of benzene rings is 2. The summed E-state index contributed by atoms with van der Waals surface area (Å²) in [5.41, 5.74) is 3.19. The van der Waals surface area contributed by atoms with Crippen molar-refractivity contribution in [3.63, 3.8) is 0 Å². The molecule has 4 heteroatoms. The van der Waals surface area contributed by atoms with Crippen LogP contribution in [0.15, 0.2) is 42.5 Å². The first-order chi connectivity index (χ1) is 10.7. The molecule has 0 radical (unpaired) electrons. The van der Waals surface area contributed by atoms with Crippen LogP contribution in [0.4, 0.5) is 5.69 Å². The highest BCUT2D eigenvalue weighted by molar-refractivity contribution is 6.05. The molecule has 1 amide bonds. The summed E-state index contributed by atoms with van der Waals surface area (Å²) in [6, 6.07) is 12.1. The molecule has 0 unspecified atom stereocenters. The molecule has 0 aliphatic carbocycles. The largest absolute Gasteiger partial charge is 0.478 e. The highest BCUT2D eigenvalue weighted by Gasteiger charge is 2.15. The lowest BCUT2D eigenvalue weighted by atomic mass is 9.86. The van der Waals surface area contributed by atoms with Crippen molar-refractivity contribution in [3.05, 3.63) is 64.7 Å². The summed E-state index contributed by atoms with van der Waals surface area (Å²) in [6.45, 7) is 8.17. The number of carboxylic acid groups (broad SMARTS) is 1. The summed E-state index contributed by atoms with van der Waals surface area (Å²) in [6.07, 6.45) is 0. The molecule has 0 heterocycles. The fourth-order valence-electron chi connectivity index (χ4n) is 2.21. The van der Waals surface area contributed by atoms with E-state index in [1.54, 1.807) is 18.2 Å². The maximum absolute atomic E-state index is 12.3. The van der Waals surface area contributed by atoms with Crippen molar-refractivity contribution in [2.45, 2.75) is 33.1 Å². The molecule has 4 nitrogen and oxygen atoms in total. The number of amides is 1. The second-order valence-corrected chi connectivity index (χ2v) is 6.62. The Morgan fingerprint density at radius 1 is 0.957 bits per heavy atom. The van der Waals surface area contributed by atoms with E-state index >= 15 is 0 Å². The highest BCUT2D eigenvalue weighted by Crippen LogP contribution is 2.23. The van der Waals surface area contributed by atoms with Gasteiger partial charge in [0, 0.05) is 11.3 Å². The van der Waals surface area contributed by atoms with Crippen LogP contribution in [0.3, 0.4) is 0 Å². The van der Waals surface area contributed by atoms with Crippen LogP contribution in [-0.2, 0) is 5.41 Å². The average molecular weight is 311 g/mol. The molecule has 0 atom stereocenters. The first kappa shape index (κ1) is 16.7. The van der Waals surface area contributed by atoms with Gasteiger partial charge >= 0.3 is 5.97 Å². The van der Waals surface area contributed by atoms with Gasteiger partial charge in [0.05, 0.1) is 5.56 Å². The maximum atomic E-state index is 12.3. The zero-order valence-electron chi connectivity index (χ0n) is 13.8. The minimum atomic E-state index is -1.02. The number of aryl methyl sites for hydroxylation is 1. The second-order valence-electron chi connectivity index (χ2n) is 6.62. The number of hydrogen-bond donors (Lipinski definition) is 2. The Morgan fingerprint density at radius 2 is 1.52 bits per heavy atom. The van der Waals surface area contributed by atoms with E-state index in [1.807, 2.05) is 19.1 Å². The maximum Gasteiger partial charge on any atom is 0.335 e. The SMILES string of the molecule is Cc1ccc(C(=O)O)cc1NC(=O)c1ccc(C(C)(C)C)cc1. The summed E-state index contributed by atoms with van der Waals surface area (Å²) in [5, 5.41) is 11.8. The quantitative estimate of drug-likeness (QED) is 0.891. The molecule has 0 aliphatic rings. The van der Waals surface area contributed by atoms with Crippen molar-refractivity contribution in [1.82, 2.24) is 0 Å². The number of nitrogens with one attached hydrogen (secondary N) is 1. The van der Waals surface area contributed by atoms with Gasteiger partial charge < -0.3 is 10.4 Å². The van der Waals surface area contributed by atoms with Gasteiger partial charge in [0.25, 0.3) is 5.91 Å². The lowest BCUT2D eigenvalue weighted by Crippen LogP contribution is -2.15. The van der Waals surface area contributed by atoms with Gasteiger partial charge in [-0.25, -0.2) is 4.79 Å². The fraction of sp³-hybridized carbons (Fsp3) is 0.263. The van der Waals surface area contributed by atoms with Crippen molar-refractivity contribution in [2.24, 2.45) is 0 Å². The second kappa shape index (κ2) is 6.24. The molecular formula is C19H21NO3. The van der Waals surface area contributed by atoms with Gasteiger partial charge in [-0.3, -0.25) is 4.79 Å². The minimum absolute atomic E-state index is 0.0292. The van der Waals surface area contributed by atoms with Gasteiger partial charge in [0.2, 0.25) is 0 Å². The Balaban J connectivity index is 2.22. The van der Waals surface area contributed by atoms with E-state index in [0.29, 0.717) is 11.3 Å². The van der Waals surface area contributed by atoms with E-state index in [4.69, 9.17) is 5.11 Å². The van der Waals surface area contributed by atoms with Gasteiger partial charge in [-0.15, -0.1) is 0 Å². The lowest BCUT2D eigenvalue weighted by molar-refractivity contribution is 0.0696. The first-order valence-corrected chi connectivity index (χ1v) is 7.44. The third-order valence-corrected chi connectivity index (χ3v) is 3.75. The van der Waals surface area contributed by atoms with Crippen molar-refractivity contribution in [3.8, 4) is 0 Å². The minimum Gasteiger partial charge on any atom is -0.478 e. The number of rotatable bonds is 3. The monoisotopic (exact) mass is 311 g/mol. The Hall–Kier alpha value is -2.62. The normalized spacial score (nSPS) is 11.1.